The summed E-state index contributed by atoms with van der Waals surface area (Å²) in [5.41, 5.74) is 0.312. The zero-order valence-corrected chi connectivity index (χ0v) is 17.1. The molecule has 1 aromatic carbocycles. The topological polar surface area (TPSA) is 72.0 Å². The van der Waals surface area contributed by atoms with Crippen LogP contribution in [0.1, 0.15) is 33.6 Å². The molecule has 0 radical (unpaired) electrons. The van der Waals surface area contributed by atoms with E-state index in [4.69, 9.17) is 9.47 Å². The molecule has 29 heavy (non-hydrogen) atoms. The zero-order valence-electron chi connectivity index (χ0n) is 17.1. The average Bonchev–Trinajstić information content (AvgIpc) is 3.12. The lowest BCUT2D eigenvalue weighted by Crippen LogP contribution is -2.60. The van der Waals surface area contributed by atoms with Gasteiger partial charge in [0.15, 0.2) is 0 Å². The minimum Gasteiger partial charge on any atom is -0.471 e. The Morgan fingerprint density at radius 1 is 1.10 bits per heavy atom. The Labute approximate surface area is 170 Å². The summed E-state index contributed by atoms with van der Waals surface area (Å²) < 4.78 is 11.4. The van der Waals surface area contributed by atoms with Gasteiger partial charge in [-0.3, -0.25) is 9.69 Å². The van der Waals surface area contributed by atoms with Crippen molar-refractivity contribution in [2.24, 2.45) is 0 Å². The number of fused-ring (bicyclic) bond motifs is 1. The maximum atomic E-state index is 12.9. The lowest BCUT2D eigenvalue weighted by atomic mass is 10.1. The molecule has 1 atom stereocenters. The third-order valence-corrected chi connectivity index (χ3v) is 5.19. The van der Waals surface area contributed by atoms with Gasteiger partial charge in [0.1, 0.15) is 17.7 Å². The molecule has 7 nitrogen and oxygen atoms in total. The highest BCUT2D eigenvalue weighted by atomic mass is 16.6. The van der Waals surface area contributed by atoms with E-state index in [1.807, 2.05) is 57.2 Å². The highest BCUT2D eigenvalue weighted by molar-refractivity contribution is 5.87. The van der Waals surface area contributed by atoms with E-state index in [-0.39, 0.29) is 12.0 Å². The molecule has 2 saturated heterocycles. The Hall–Kier alpha value is -2.83. The summed E-state index contributed by atoms with van der Waals surface area (Å²) in [6, 6.07) is 11.3. The fourth-order valence-electron chi connectivity index (χ4n) is 3.75. The van der Waals surface area contributed by atoms with Gasteiger partial charge in [0.05, 0.1) is 18.6 Å². The van der Waals surface area contributed by atoms with Gasteiger partial charge in [0.25, 0.3) is 0 Å². The monoisotopic (exact) mass is 397 g/mol. The minimum absolute atomic E-state index is 0.0281. The molecular formula is C22H27N3O4. The molecule has 2 amide bonds. The van der Waals surface area contributed by atoms with E-state index in [0.717, 1.165) is 17.3 Å². The second-order valence-electron chi connectivity index (χ2n) is 8.66. The molecule has 7 heteroatoms. The first-order valence-electron chi connectivity index (χ1n) is 10.1. The van der Waals surface area contributed by atoms with Crippen LogP contribution in [0.2, 0.25) is 0 Å². The number of likely N-dealkylation sites (tertiary alicyclic amines) is 2. The van der Waals surface area contributed by atoms with Crippen LogP contribution in [0, 0.1) is 0 Å². The van der Waals surface area contributed by atoms with Crippen molar-refractivity contribution in [3.63, 3.8) is 0 Å². The first kappa shape index (κ1) is 19.5. The fraction of sp³-hybridized carbons (Fsp3) is 0.500. The van der Waals surface area contributed by atoms with Crippen molar-refractivity contribution in [3.8, 4) is 5.88 Å². The van der Waals surface area contributed by atoms with Gasteiger partial charge in [-0.15, -0.1) is 0 Å². The van der Waals surface area contributed by atoms with Crippen molar-refractivity contribution in [2.75, 3.05) is 19.6 Å². The molecule has 0 aliphatic carbocycles. The van der Waals surface area contributed by atoms with Crippen LogP contribution < -0.4 is 4.74 Å². The predicted molar refractivity (Wildman–Crippen MR) is 109 cm³/mol. The summed E-state index contributed by atoms with van der Waals surface area (Å²) in [5.74, 6) is 0.539. The number of carbonyl (C=O) groups excluding carboxylic acids is 2. The van der Waals surface area contributed by atoms with Crippen molar-refractivity contribution >= 4 is 22.9 Å². The number of pyridine rings is 1. The van der Waals surface area contributed by atoms with Gasteiger partial charge in [-0.2, -0.15) is 0 Å². The SMILES string of the molecule is CC(C)(C)OC(=O)N1CCCC1C(=O)N1CC(Oc2ccc3ccccc3n2)C1. The smallest absolute Gasteiger partial charge is 0.410 e. The summed E-state index contributed by atoms with van der Waals surface area (Å²) in [4.78, 5) is 33.1. The van der Waals surface area contributed by atoms with Gasteiger partial charge in [-0.05, 0) is 45.7 Å². The van der Waals surface area contributed by atoms with Crippen molar-refractivity contribution in [2.45, 2.75) is 51.4 Å². The number of carbonyl (C=O) groups is 2. The molecule has 0 saturated carbocycles. The molecule has 0 spiro atoms. The largest absolute Gasteiger partial charge is 0.471 e. The molecule has 0 bridgehead atoms. The molecule has 4 rings (SSSR count). The van der Waals surface area contributed by atoms with Crippen LogP contribution in [0.15, 0.2) is 36.4 Å². The summed E-state index contributed by atoms with van der Waals surface area (Å²) in [5, 5.41) is 1.06. The number of ether oxygens (including phenoxy) is 2. The summed E-state index contributed by atoms with van der Waals surface area (Å²) in [6.07, 6.45) is 0.988. The van der Waals surface area contributed by atoms with Gasteiger partial charge < -0.3 is 14.4 Å². The number of para-hydroxylation sites is 1. The molecule has 0 N–H and O–H groups in total. The quantitative estimate of drug-likeness (QED) is 0.795. The summed E-state index contributed by atoms with van der Waals surface area (Å²) in [7, 11) is 0. The first-order chi connectivity index (χ1) is 13.8. The van der Waals surface area contributed by atoms with Crippen molar-refractivity contribution in [1.82, 2.24) is 14.8 Å². The second kappa shape index (κ2) is 7.54. The number of nitrogens with zero attached hydrogens (tertiary/aromatic N) is 3. The van der Waals surface area contributed by atoms with E-state index in [1.54, 1.807) is 9.80 Å². The van der Waals surface area contributed by atoms with Crippen molar-refractivity contribution in [1.29, 1.82) is 0 Å². The standard InChI is InChI=1S/C22H27N3O4/c1-22(2,3)29-21(27)25-12-6-9-18(25)20(26)24-13-16(14-24)28-19-11-10-15-7-4-5-8-17(15)23-19/h4-5,7-8,10-11,16,18H,6,9,12-14H2,1-3H3. The van der Waals surface area contributed by atoms with E-state index in [1.165, 1.54) is 0 Å². The normalized spacial score (nSPS) is 19.9. The Morgan fingerprint density at radius 3 is 2.62 bits per heavy atom. The van der Waals surface area contributed by atoms with Crippen LogP contribution >= 0.6 is 0 Å². The van der Waals surface area contributed by atoms with Gasteiger partial charge in [0.2, 0.25) is 11.8 Å². The molecule has 1 aromatic heterocycles. The first-order valence-corrected chi connectivity index (χ1v) is 10.1. The van der Waals surface area contributed by atoms with Gasteiger partial charge >= 0.3 is 6.09 Å². The average molecular weight is 397 g/mol. The molecule has 154 valence electrons. The van der Waals surface area contributed by atoms with E-state index in [9.17, 15) is 9.59 Å². The van der Waals surface area contributed by atoms with Crippen LogP contribution in [0.4, 0.5) is 4.79 Å². The van der Waals surface area contributed by atoms with Gasteiger partial charge in [-0.25, -0.2) is 9.78 Å². The molecular weight excluding hydrogens is 370 g/mol. The Balaban J connectivity index is 1.32. The van der Waals surface area contributed by atoms with Crippen molar-refractivity contribution in [3.05, 3.63) is 36.4 Å². The maximum Gasteiger partial charge on any atom is 0.410 e. The number of hydrogen-bond donors (Lipinski definition) is 0. The van der Waals surface area contributed by atoms with Crippen LogP contribution in [-0.4, -0.2) is 64.2 Å². The van der Waals surface area contributed by atoms with Crippen LogP contribution in [0.5, 0.6) is 5.88 Å². The Morgan fingerprint density at radius 2 is 1.86 bits per heavy atom. The van der Waals surface area contributed by atoms with E-state index >= 15 is 0 Å². The Bertz CT molecular complexity index is 918. The van der Waals surface area contributed by atoms with Crippen LogP contribution in [0.3, 0.4) is 0 Å². The summed E-state index contributed by atoms with van der Waals surface area (Å²) >= 11 is 0. The lowest BCUT2D eigenvalue weighted by molar-refractivity contribution is -0.144. The van der Waals surface area contributed by atoms with Gasteiger partial charge in [-0.1, -0.05) is 18.2 Å². The second-order valence-corrected chi connectivity index (χ2v) is 8.66. The fourth-order valence-corrected chi connectivity index (χ4v) is 3.75. The van der Waals surface area contributed by atoms with Crippen molar-refractivity contribution < 1.29 is 19.1 Å². The molecule has 2 aliphatic heterocycles. The van der Waals surface area contributed by atoms with Crippen LogP contribution in [0.25, 0.3) is 10.9 Å². The third kappa shape index (κ3) is 4.28. The minimum atomic E-state index is -0.574. The number of amides is 2. The van der Waals surface area contributed by atoms with Gasteiger partial charge in [0, 0.05) is 18.0 Å². The zero-order chi connectivity index (χ0) is 20.6. The number of benzene rings is 1. The van der Waals surface area contributed by atoms with E-state index in [2.05, 4.69) is 4.98 Å². The Kier molecular flexibility index (Phi) is 5.06. The molecule has 2 aliphatic rings. The molecule has 1 unspecified atom stereocenters. The van der Waals surface area contributed by atoms with E-state index in [0.29, 0.717) is 31.9 Å². The van der Waals surface area contributed by atoms with Crippen LogP contribution in [-0.2, 0) is 9.53 Å². The third-order valence-electron chi connectivity index (χ3n) is 5.19. The molecule has 2 aromatic rings. The maximum absolute atomic E-state index is 12.9. The molecule has 2 fully saturated rings. The van der Waals surface area contributed by atoms with E-state index < -0.39 is 17.7 Å². The highest BCUT2D eigenvalue weighted by Crippen LogP contribution is 2.26. The lowest BCUT2D eigenvalue weighted by Gasteiger charge is -2.41. The molecule has 3 heterocycles. The predicted octanol–water partition coefficient (Wildman–Crippen LogP) is 3.22. The number of hydrogen-bond acceptors (Lipinski definition) is 5. The number of rotatable bonds is 3. The number of aromatic nitrogens is 1. The highest BCUT2D eigenvalue weighted by Gasteiger charge is 2.42. The summed E-state index contributed by atoms with van der Waals surface area (Å²) in [6.45, 7) is 7.06.